The molecule has 0 aromatic carbocycles. The summed E-state index contributed by atoms with van der Waals surface area (Å²) in [5.74, 6) is 0.0268. The Hall–Kier alpha value is -1.41. The topological polar surface area (TPSA) is 87.5 Å². The van der Waals surface area contributed by atoms with Gasteiger partial charge in [0.15, 0.2) is 0 Å². The lowest BCUT2D eigenvalue weighted by atomic mass is 10.2. The molecule has 0 bridgehead atoms. The van der Waals surface area contributed by atoms with Crippen LogP contribution in [0.25, 0.3) is 0 Å². The van der Waals surface area contributed by atoms with E-state index in [1.807, 2.05) is 4.90 Å². The van der Waals surface area contributed by atoms with E-state index in [0.29, 0.717) is 10.2 Å². The molecule has 1 unspecified atom stereocenters. The van der Waals surface area contributed by atoms with Crippen molar-refractivity contribution in [2.24, 2.45) is 0 Å². The van der Waals surface area contributed by atoms with Crippen molar-refractivity contribution in [3.63, 3.8) is 0 Å². The minimum atomic E-state index is -0.422. The highest BCUT2D eigenvalue weighted by molar-refractivity contribution is 9.10. The van der Waals surface area contributed by atoms with Gasteiger partial charge >= 0.3 is 0 Å². The van der Waals surface area contributed by atoms with Gasteiger partial charge in [0, 0.05) is 13.1 Å². The lowest BCUT2D eigenvalue weighted by Gasteiger charge is -2.22. The van der Waals surface area contributed by atoms with Crippen LogP contribution in [0, 0.1) is 0 Å². The smallest absolute Gasteiger partial charge is 0.283 e. The molecule has 1 aromatic rings. The van der Waals surface area contributed by atoms with E-state index in [4.69, 9.17) is 5.11 Å². The number of likely N-dealkylation sites (tertiary alicyclic amines) is 1. The highest BCUT2D eigenvalue weighted by atomic mass is 79.9. The van der Waals surface area contributed by atoms with Crippen molar-refractivity contribution in [2.75, 3.05) is 25.0 Å². The normalized spacial score (nSPS) is 16.0. The molecule has 1 aliphatic heterocycles. The molecule has 0 spiro atoms. The van der Waals surface area contributed by atoms with Crippen molar-refractivity contribution >= 4 is 27.5 Å². The SMILES string of the molecule is CC(Nc1cnn(CCO)c(=O)c1Br)C(=O)N1CCCC1. The molecular formula is C13H19BrN4O3. The molecule has 1 fully saturated rings. The summed E-state index contributed by atoms with van der Waals surface area (Å²) in [6.07, 6.45) is 3.57. The minimum Gasteiger partial charge on any atom is -0.394 e. The molecule has 1 saturated heterocycles. The quantitative estimate of drug-likeness (QED) is 0.796. The standard InChI is InChI=1S/C13H19BrN4O3/c1-9(12(20)17-4-2-3-5-17)16-10-8-15-18(6-7-19)13(21)11(10)14/h8-9,16,19H,2-7H2,1H3. The van der Waals surface area contributed by atoms with Gasteiger partial charge < -0.3 is 15.3 Å². The van der Waals surface area contributed by atoms with Crippen LogP contribution in [0.1, 0.15) is 19.8 Å². The second kappa shape index (κ2) is 7.04. The van der Waals surface area contributed by atoms with Crippen LogP contribution < -0.4 is 10.9 Å². The summed E-state index contributed by atoms with van der Waals surface area (Å²) in [6.45, 7) is 3.34. The Morgan fingerprint density at radius 3 is 2.81 bits per heavy atom. The van der Waals surface area contributed by atoms with E-state index < -0.39 is 6.04 Å². The first kappa shape index (κ1) is 16.0. The second-order valence-electron chi connectivity index (χ2n) is 5.02. The summed E-state index contributed by atoms with van der Waals surface area (Å²) >= 11 is 3.22. The van der Waals surface area contributed by atoms with Crippen LogP contribution in [0.2, 0.25) is 0 Å². The summed E-state index contributed by atoms with van der Waals surface area (Å²) in [6, 6.07) is -0.422. The number of aliphatic hydroxyl groups is 1. The van der Waals surface area contributed by atoms with Gasteiger partial charge in [-0.05, 0) is 35.7 Å². The molecule has 1 atom stereocenters. The summed E-state index contributed by atoms with van der Waals surface area (Å²) < 4.78 is 1.48. The number of amides is 1. The van der Waals surface area contributed by atoms with Crippen molar-refractivity contribution in [1.29, 1.82) is 0 Å². The highest BCUT2D eigenvalue weighted by Crippen LogP contribution is 2.18. The zero-order valence-electron chi connectivity index (χ0n) is 11.9. The van der Waals surface area contributed by atoms with Gasteiger partial charge in [-0.25, -0.2) is 4.68 Å². The van der Waals surface area contributed by atoms with Gasteiger partial charge in [0.1, 0.15) is 10.5 Å². The summed E-state index contributed by atoms with van der Waals surface area (Å²) in [4.78, 5) is 26.0. The lowest BCUT2D eigenvalue weighted by molar-refractivity contribution is -0.130. The molecule has 0 radical (unpaired) electrons. The Morgan fingerprint density at radius 2 is 2.19 bits per heavy atom. The maximum atomic E-state index is 12.2. The van der Waals surface area contributed by atoms with Gasteiger partial charge in [-0.3, -0.25) is 9.59 Å². The molecule has 1 aromatic heterocycles. The second-order valence-corrected chi connectivity index (χ2v) is 5.82. The van der Waals surface area contributed by atoms with Gasteiger partial charge in [-0.2, -0.15) is 5.10 Å². The molecule has 8 heteroatoms. The molecule has 2 heterocycles. The zero-order chi connectivity index (χ0) is 15.4. The number of anilines is 1. The Bertz CT molecular complexity index is 569. The van der Waals surface area contributed by atoms with Crippen LogP contribution in [-0.2, 0) is 11.3 Å². The molecule has 2 rings (SSSR count). The van der Waals surface area contributed by atoms with E-state index in [0.717, 1.165) is 25.9 Å². The molecule has 0 aliphatic carbocycles. The number of aliphatic hydroxyl groups excluding tert-OH is 1. The number of nitrogens with zero attached hydrogens (tertiary/aromatic N) is 3. The third-order valence-corrected chi connectivity index (χ3v) is 4.22. The Kier molecular flexibility index (Phi) is 5.35. The fraction of sp³-hybridized carbons (Fsp3) is 0.615. The van der Waals surface area contributed by atoms with Crippen LogP contribution in [0.5, 0.6) is 0 Å². The number of nitrogens with one attached hydrogen (secondary N) is 1. The summed E-state index contributed by atoms with van der Waals surface area (Å²) in [5.41, 5.74) is 0.143. The van der Waals surface area contributed by atoms with Crippen LogP contribution >= 0.6 is 15.9 Å². The summed E-state index contributed by atoms with van der Waals surface area (Å²) in [5, 5.41) is 15.8. The van der Waals surface area contributed by atoms with Crippen molar-refractivity contribution in [3.8, 4) is 0 Å². The van der Waals surface area contributed by atoms with Gasteiger partial charge in [0.2, 0.25) is 5.91 Å². The number of hydrogen-bond donors (Lipinski definition) is 2. The third-order valence-electron chi connectivity index (χ3n) is 3.46. The van der Waals surface area contributed by atoms with Crippen molar-refractivity contribution in [3.05, 3.63) is 21.0 Å². The predicted octanol–water partition coefficient (Wildman–Crippen LogP) is 0.421. The number of rotatable bonds is 5. The minimum absolute atomic E-state index is 0.0268. The molecule has 21 heavy (non-hydrogen) atoms. The van der Waals surface area contributed by atoms with Crippen molar-refractivity contribution < 1.29 is 9.90 Å². The Balaban J connectivity index is 2.10. The zero-order valence-corrected chi connectivity index (χ0v) is 13.5. The average Bonchev–Trinajstić information content (AvgIpc) is 3.00. The fourth-order valence-corrected chi connectivity index (χ4v) is 2.75. The first-order valence-electron chi connectivity index (χ1n) is 6.96. The Labute approximate surface area is 131 Å². The largest absolute Gasteiger partial charge is 0.394 e. The van der Waals surface area contributed by atoms with Gasteiger partial charge in [0.25, 0.3) is 5.56 Å². The maximum absolute atomic E-state index is 12.2. The van der Waals surface area contributed by atoms with Gasteiger partial charge in [0.05, 0.1) is 25.0 Å². The molecular weight excluding hydrogens is 340 g/mol. The molecule has 1 aliphatic rings. The predicted molar refractivity (Wildman–Crippen MR) is 82.2 cm³/mol. The molecule has 1 amide bonds. The van der Waals surface area contributed by atoms with E-state index in [-0.39, 0.29) is 24.6 Å². The number of halogens is 1. The van der Waals surface area contributed by atoms with Crippen LogP contribution in [-0.4, -0.2) is 51.4 Å². The van der Waals surface area contributed by atoms with E-state index in [1.54, 1.807) is 6.92 Å². The molecule has 7 nitrogen and oxygen atoms in total. The highest BCUT2D eigenvalue weighted by Gasteiger charge is 2.24. The number of aromatic nitrogens is 2. The number of carbonyl (C=O) groups excluding carboxylic acids is 1. The first-order chi connectivity index (χ1) is 10.0. The van der Waals surface area contributed by atoms with Crippen molar-refractivity contribution in [2.45, 2.75) is 32.4 Å². The van der Waals surface area contributed by atoms with Gasteiger partial charge in [-0.15, -0.1) is 0 Å². The lowest BCUT2D eigenvalue weighted by Crippen LogP contribution is -2.40. The van der Waals surface area contributed by atoms with Crippen LogP contribution in [0.4, 0.5) is 5.69 Å². The Morgan fingerprint density at radius 1 is 1.52 bits per heavy atom. The van der Waals surface area contributed by atoms with Crippen LogP contribution in [0.3, 0.4) is 0 Å². The third kappa shape index (κ3) is 3.62. The fourth-order valence-electron chi connectivity index (χ4n) is 2.33. The molecule has 0 saturated carbocycles. The van der Waals surface area contributed by atoms with E-state index in [1.165, 1.54) is 10.9 Å². The molecule has 116 valence electrons. The van der Waals surface area contributed by atoms with E-state index in [9.17, 15) is 9.59 Å². The van der Waals surface area contributed by atoms with Gasteiger partial charge in [-0.1, -0.05) is 0 Å². The van der Waals surface area contributed by atoms with Crippen LogP contribution in [0.15, 0.2) is 15.5 Å². The maximum Gasteiger partial charge on any atom is 0.283 e. The number of carbonyl (C=O) groups is 1. The summed E-state index contributed by atoms with van der Waals surface area (Å²) in [7, 11) is 0. The monoisotopic (exact) mass is 358 g/mol. The number of hydrogen-bond acceptors (Lipinski definition) is 5. The first-order valence-corrected chi connectivity index (χ1v) is 7.75. The van der Waals surface area contributed by atoms with E-state index in [2.05, 4.69) is 26.3 Å². The van der Waals surface area contributed by atoms with E-state index >= 15 is 0 Å². The average molecular weight is 359 g/mol. The molecule has 2 N–H and O–H groups in total. The van der Waals surface area contributed by atoms with Crippen molar-refractivity contribution in [1.82, 2.24) is 14.7 Å².